The Morgan fingerprint density at radius 3 is 2.95 bits per heavy atom. The Morgan fingerprint density at radius 1 is 1.38 bits per heavy atom. The molecule has 1 aromatic carbocycles. The lowest BCUT2D eigenvalue weighted by Gasteiger charge is -2.15. The summed E-state index contributed by atoms with van der Waals surface area (Å²) in [6.07, 6.45) is 3.83. The minimum atomic E-state index is -0.450. The molecule has 1 saturated heterocycles. The zero-order valence-corrected chi connectivity index (χ0v) is 11.5. The highest BCUT2D eigenvalue weighted by Gasteiger charge is 2.22. The van der Waals surface area contributed by atoms with Gasteiger partial charge in [0.25, 0.3) is 0 Å². The number of nitrogens with zero attached hydrogens (tertiary/aromatic N) is 2. The fourth-order valence-electron chi connectivity index (χ4n) is 2.66. The first kappa shape index (κ1) is 13.5. The number of nitrogens with two attached hydrogens (primary N) is 2. The molecule has 1 aromatic heterocycles. The van der Waals surface area contributed by atoms with Crippen LogP contribution in [0.25, 0.3) is 11.1 Å². The summed E-state index contributed by atoms with van der Waals surface area (Å²) in [4.78, 5) is 19.8. The Morgan fingerprint density at radius 2 is 2.24 bits per heavy atom. The van der Waals surface area contributed by atoms with E-state index in [2.05, 4.69) is 15.3 Å². The molecule has 21 heavy (non-hydrogen) atoms. The number of nitrogens with one attached hydrogen (secondary N) is 1. The fraction of sp³-hybridized carbons (Fsp3) is 0.267. The molecule has 0 spiro atoms. The molecule has 1 aliphatic rings. The van der Waals surface area contributed by atoms with Gasteiger partial charge in [0, 0.05) is 17.3 Å². The third-order valence-electron chi connectivity index (χ3n) is 3.69. The molecule has 1 amide bonds. The zero-order chi connectivity index (χ0) is 14.8. The molecule has 6 heteroatoms. The van der Waals surface area contributed by atoms with Gasteiger partial charge in [0.05, 0.1) is 11.7 Å². The monoisotopic (exact) mass is 283 g/mol. The van der Waals surface area contributed by atoms with Gasteiger partial charge in [-0.2, -0.15) is 0 Å². The number of carbonyl (C=O) groups excluding carboxylic acids is 1. The van der Waals surface area contributed by atoms with E-state index in [0.29, 0.717) is 5.56 Å². The average Bonchev–Trinajstić information content (AvgIpc) is 3.01. The Balaban J connectivity index is 2.09. The second-order valence-electron chi connectivity index (χ2n) is 5.12. The van der Waals surface area contributed by atoms with Crippen molar-refractivity contribution in [1.29, 1.82) is 0 Å². The molecule has 5 N–H and O–H groups in total. The Labute approximate surface area is 122 Å². The molecular formula is C15H17N5O. The number of nitrogen functional groups attached to an aromatic ring is 1. The van der Waals surface area contributed by atoms with Gasteiger partial charge in [-0.25, -0.2) is 9.97 Å². The van der Waals surface area contributed by atoms with Crippen LogP contribution in [-0.4, -0.2) is 22.4 Å². The van der Waals surface area contributed by atoms with E-state index in [0.717, 1.165) is 36.2 Å². The van der Waals surface area contributed by atoms with Crippen LogP contribution in [0.1, 0.15) is 34.9 Å². The molecule has 0 radical (unpaired) electrons. The first-order chi connectivity index (χ1) is 10.1. The van der Waals surface area contributed by atoms with Gasteiger partial charge in [-0.3, -0.25) is 4.79 Å². The van der Waals surface area contributed by atoms with Crippen LogP contribution in [0.2, 0.25) is 0 Å². The third-order valence-corrected chi connectivity index (χ3v) is 3.69. The maximum Gasteiger partial charge on any atom is 0.248 e. The van der Waals surface area contributed by atoms with Crippen molar-refractivity contribution in [3.63, 3.8) is 0 Å². The van der Waals surface area contributed by atoms with Crippen molar-refractivity contribution in [3.8, 4) is 11.1 Å². The molecule has 3 rings (SSSR count). The van der Waals surface area contributed by atoms with Crippen molar-refractivity contribution in [2.75, 3.05) is 12.3 Å². The maximum atomic E-state index is 11.3. The van der Waals surface area contributed by atoms with Crippen molar-refractivity contribution in [1.82, 2.24) is 15.3 Å². The predicted molar refractivity (Wildman–Crippen MR) is 80.4 cm³/mol. The van der Waals surface area contributed by atoms with E-state index >= 15 is 0 Å². The number of hydrogen-bond acceptors (Lipinski definition) is 5. The lowest BCUT2D eigenvalue weighted by Crippen LogP contribution is -2.17. The van der Waals surface area contributed by atoms with E-state index in [4.69, 9.17) is 11.5 Å². The smallest absolute Gasteiger partial charge is 0.248 e. The second-order valence-corrected chi connectivity index (χ2v) is 5.12. The molecule has 108 valence electrons. The summed E-state index contributed by atoms with van der Waals surface area (Å²) in [6.45, 7) is 0.968. The van der Waals surface area contributed by atoms with Crippen molar-refractivity contribution in [3.05, 3.63) is 41.7 Å². The Hall–Kier alpha value is -2.47. The first-order valence-corrected chi connectivity index (χ1v) is 6.91. The largest absolute Gasteiger partial charge is 0.368 e. The summed E-state index contributed by atoms with van der Waals surface area (Å²) in [5, 5.41) is 3.41. The summed E-state index contributed by atoms with van der Waals surface area (Å²) < 4.78 is 0. The summed E-state index contributed by atoms with van der Waals surface area (Å²) in [5.41, 5.74) is 14.2. The number of rotatable bonds is 3. The highest BCUT2D eigenvalue weighted by Crippen LogP contribution is 2.31. The van der Waals surface area contributed by atoms with Crippen molar-refractivity contribution in [2.24, 2.45) is 5.73 Å². The molecule has 2 heterocycles. The van der Waals surface area contributed by atoms with Crippen LogP contribution in [0.4, 0.5) is 5.95 Å². The van der Waals surface area contributed by atoms with Crippen molar-refractivity contribution in [2.45, 2.75) is 18.9 Å². The van der Waals surface area contributed by atoms with Crippen LogP contribution in [0.3, 0.4) is 0 Å². The van der Waals surface area contributed by atoms with Crippen LogP contribution in [0.15, 0.2) is 30.5 Å². The molecule has 0 aliphatic carbocycles. The molecule has 0 bridgehead atoms. The van der Waals surface area contributed by atoms with Gasteiger partial charge in [-0.05, 0) is 37.1 Å². The second kappa shape index (κ2) is 5.49. The number of benzene rings is 1. The number of carbonyl (C=O) groups is 1. The normalized spacial score (nSPS) is 17.8. The molecule has 1 fully saturated rings. The number of aromatic nitrogens is 2. The number of amides is 1. The van der Waals surface area contributed by atoms with Crippen LogP contribution >= 0.6 is 0 Å². The van der Waals surface area contributed by atoms with Gasteiger partial charge < -0.3 is 16.8 Å². The molecule has 0 saturated carbocycles. The van der Waals surface area contributed by atoms with Gasteiger partial charge in [0.2, 0.25) is 11.9 Å². The van der Waals surface area contributed by atoms with E-state index in [1.54, 1.807) is 24.4 Å². The Kier molecular flexibility index (Phi) is 3.53. The average molecular weight is 283 g/mol. The standard InChI is InChI=1S/C15H17N5O/c16-14(21)10-4-1-3-9(7-10)11-8-19-15(17)20-13(11)12-5-2-6-18-12/h1,3-4,7-8,12,18H,2,5-6H2,(H2,16,21)(H2,17,19,20)/t12-/m1/s1. The fourth-order valence-corrected chi connectivity index (χ4v) is 2.66. The van der Waals surface area contributed by atoms with E-state index < -0.39 is 5.91 Å². The third kappa shape index (κ3) is 2.71. The topological polar surface area (TPSA) is 107 Å². The maximum absolute atomic E-state index is 11.3. The molecular weight excluding hydrogens is 266 g/mol. The van der Waals surface area contributed by atoms with Crippen LogP contribution in [-0.2, 0) is 0 Å². The van der Waals surface area contributed by atoms with Crippen LogP contribution < -0.4 is 16.8 Å². The number of hydrogen-bond donors (Lipinski definition) is 3. The van der Waals surface area contributed by atoms with Crippen molar-refractivity contribution >= 4 is 11.9 Å². The highest BCUT2D eigenvalue weighted by molar-refractivity contribution is 5.94. The summed E-state index contributed by atoms with van der Waals surface area (Å²) in [6, 6.07) is 7.34. The molecule has 1 atom stereocenters. The molecule has 2 aromatic rings. The zero-order valence-electron chi connectivity index (χ0n) is 11.5. The highest BCUT2D eigenvalue weighted by atomic mass is 16.1. The van der Waals surface area contributed by atoms with E-state index in [-0.39, 0.29) is 12.0 Å². The molecule has 1 aliphatic heterocycles. The van der Waals surface area contributed by atoms with E-state index in [9.17, 15) is 4.79 Å². The van der Waals surface area contributed by atoms with Gasteiger partial charge >= 0.3 is 0 Å². The number of primary amides is 1. The SMILES string of the molecule is NC(=O)c1cccc(-c2cnc(N)nc2[C@H]2CCCN2)c1. The molecule has 0 unspecified atom stereocenters. The molecule has 6 nitrogen and oxygen atoms in total. The van der Waals surface area contributed by atoms with Gasteiger partial charge in [0.15, 0.2) is 0 Å². The quantitative estimate of drug-likeness (QED) is 0.786. The van der Waals surface area contributed by atoms with E-state index in [1.165, 1.54) is 0 Å². The van der Waals surface area contributed by atoms with E-state index in [1.807, 2.05) is 6.07 Å². The summed E-state index contributed by atoms with van der Waals surface area (Å²) in [7, 11) is 0. The van der Waals surface area contributed by atoms with Gasteiger partial charge in [-0.15, -0.1) is 0 Å². The summed E-state index contributed by atoms with van der Waals surface area (Å²) >= 11 is 0. The van der Waals surface area contributed by atoms with Gasteiger partial charge in [0.1, 0.15) is 0 Å². The Bertz CT molecular complexity index is 680. The van der Waals surface area contributed by atoms with Crippen molar-refractivity contribution < 1.29 is 4.79 Å². The minimum absolute atomic E-state index is 0.169. The van der Waals surface area contributed by atoms with Crippen LogP contribution in [0.5, 0.6) is 0 Å². The summed E-state index contributed by atoms with van der Waals surface area (Å²) in [5.74, 6) is -0.192. The number of anilines is 1. The predicted octanol–water partition coefficient (Wildman–Crippen LogP) is 1.25. The first-order valence-electron chi connectivity index (χ1n) is 6.91. The minimum Gasteiger partial charge on any atom is -0.368 e. The lowest BCUT2D eigenvalue weighted by atomic mass is 9.99. The van der Waals surface area contributed by atoms with Gasteiger partial charge in [-0.1, -0.05) is 12.1 Å². The van der Waals surface area contributed by atoms with Crippen LogP contribution in [0, 0.1) is 0 Å². The lowest BCUT2D eigenvalue weighted by molar-refractivity contribution is 0.100.